The minimum Gasteiger partial charge on any atom is -0.494 e. The Morgan fingerprint density at radius 3 is 2.74 bits per heavy atom. The summed E-state index contributed by atoms with van der Waals surface area (Å²) in [7, 11) is 1.41. The van der Waals surface area contributed by atoms with Crippen molar-refractivity contribution in [1.29, 1.82) is 0 Å². The first-order valence-electron chi connectivity index (χ1n) is 10.9. The highest BCUT2D eigenvalue weighted by Gasteiger charge is 2.28. The number of halogens is 1. The first kappa shape index (κ1) is 21.6. The molecule has 0 spiro atoms. The molecule has 172 valence electrons. The highest BCUT2D eigenvalue weighted by molar-refractivity contribution is 5.93. The Kier molecular flexibility index (Phi) is 5.71. The molecule has 0 radical (unpaired) electrons. The van der Waals surface area contributed by atoms with Crippen molar-refractivity contribution in [3.63, 3.8) is 0 Å². The molecule has 7 nitrogen and oxygen atoms in total. The van der Waals surface area contributed by atoms with Gasteiger partial charge in [-0.1, -0.05) is 12.6 Å². The third-order valence-corrected chi connectivity index (χ3v) is 6.01. The summed E-state index contributed by atoms with van der Waals surface area (Å²) < 4.78 is 27.1. The van der Waals surface area contributed by atoms with Crippen molar-refractivity contribution in [2.24, 2.45) is 0 Å². The number of ether oxygens (including phenoxy) is 2. The van der Waals surface area contributed by atoms with Gasteiger partial charge in [0.2, 0.25) is 11.7 Å². The SMILES string of the molecule is C=CC(=O)N1CCC(n2nc(-c3ccc(Oc4cccc(OC)c4F)cc3)c3cnccc32)C1. The molecular weight excluding hydrogens is 435 g/mol. The van der Waals surface area contributed by atoms with E-state index in [4.69, 9.17) is 14.6 Å². The van der Waals surface area contributed by atoms with Crippen LogP contribution in [0.1, 0.15) is 12.5 Å². The van der Waals surface area contributed by atoms with Crippen LogP contribution in [-0.4, -0.2) is 45.8 Å². The van der Waals surface area contributed by atoms with Crippen LogP contribution in [-0.2, 0) is 4.79 Å². The molecule has 1 saturated heterocycles. The molecule has 1 fully saturated rings. The van der Waals surface area contributed by atoms with Crippen LogP contribution in [0.25, 0.3) is 22.2 Å². The van der Waals surface area contributed by atoms with E-state index in [1.54, 1.807) is 41.6 Å². The predicted molar refractivity (Wildman–Crippen MR) is 126 cm³/mol. The molecule has 2 aromatic carbocycles. The number of nitrogens with zero attached hydrogens (tertiary/aromatic N) is 4. The number of rotatable bonds is 6. The zero-order chi connectivity index (χ0) is 23.7. The maximum absolute atomic E-state index is 14.4. The highest BCUT2D eigenvalue weighted by Crippen LogP contribution is 2.34. The zero-order valence-electron chi connectivity index (χ0n) is 18.6. The Morgan fingerprint density at radius 2 is 1.97 bits per heavy atom. The lowest BCUT2D eigenvalue weighted by atomic mass is 10.1. The lowest BCUT2D eigenvalue weighted by Crippen LogP contribution is -2.27. The summed E-state index contributed by atoms with van der Waals surface area (Å²) in [6, 6.07) is 14.1. The van der Waals surface area contributed by atoms with E-state index in [0.717, 1.165) is 28.6 Å². The van der Waals surface area contributed by atoms with Crippen LogP contribution in [0.3, 0.4) is 0 Å². The van der Waals surface area contributed by atoms with Crippen LogP contribution in [0, 0.1) is 5.82 Å². The molecule has 0 saturated carbocycles. The standard InChI is InChI=1S/C26H23FN4O3/c1-3-24(32)30-14-12-18(16-30)31-21-11-13-28-15-20(21)26(29-31)17-7-9-19(10-8-17)34-23-6-4-5-22(33-2)25(23)27/h3-11,13,15,18H,1,12,14,16H2,2H3. The van der Waals surface area contributed by atoms with Crippen LogP contribution < -0.4 is 9.47 Å². The maximum Gasteiger partial charge on any atom is 0.246 e. The van der Waals surface area contributed by atoms with Gasteiger partial charge in [-0.2, -0.15) is 9.49 Å². The third-order valence-electron chi connectivity index (χ3n) is 6.01. The summed E-state index contributed by atoms with van der Waals surface area (Å²) in [6.07, 6.45) is 5.70. The van der Waals surface area contributed by atoms with Crippen LogP contribution >= 0.6 is 0 Å². The second-order valence-electron chi connectivity index (χ2n) is 8.02. The highest BCUT2D eigenvalue weighted by atomic mass is 19.1. The first-order chi connectivity index (χ1) is 16.6. The quantitative estimate of drug-likeness (QED) is 0.381. The number of hydrogen-bond donors (Lipinski definition) is 0. The molecule has 5 rings (SSSR count). The minimum atomic E-state index is -0.551. The van der Waals surface area contributed by atoms with Gasteiger partial charge in [-0.05, 0) is 55.0 Å². The van der Waals surface area contributed by atoms with E-state index >= 15 is 0 Å². The first-order valence-corrected chi connectivity index (χ1v) is 10.9. The third kappa shape index (κ3) is 3.87. The summed E-state index contributed by atoms with van der Waals surface area (Å²) in [4.78, 5) is 18.1. The van der Waals surface area contributed by atoms with E-state index < -0.39 is 5.82 Å². The van der Waals surface area contributed by atoms with Crippen molar-refractivity contribution in [3.05, 3.63) is 79.4 Å². The second-order valence-corrected chi connectivity index (χ2v) is 8.02. The van der Waals surface area contributed by atoms with Gasteiger partial charge in [0, 0.05) is 36.4 Å². The van der Waals surface area contributed by atoms with E-state index in [-0.39, 0.29) is 23.4 Å². The minimum absolute atomic E-state index is 0.0658. The molecule has 0 aliphatic carbocycles. The molecule has 0 N–H and O–H groups in total. The fourth-order valence-corrected chi connectivity index (χ4v) is 4.28. The summed E-state index contributed by atoms with van der Waals surface area (Å²) in [5.41, 5.74) is 2.63. The van der Waals surface area contributed by atoms with Gasteiger partial charge in [0.25, 0.3) is 0 Å². The lowest BCUT2D eigenvalue weighted by Gasteiger charge is -2.15. The average molecular weight is 458 g/mol. The number of likely N-dealkylation sites (tertiary alicyclic amines) is 1. The Labute approximate surface area is 196 Å². The van der Waals surface area contributed by atoms with Gasteiger partial charge in [0.05, 0.1) is 18.7 Å². The molecular formula is C26H23FN4O3. The van der Waals surface area contributed by atoms with Crippen molar-refractivity contribution >= 4 is 16.8 Å². The number of pyridine rings is 1. The molecule has 1 aliphatic rings. The van der Waals surface area contributed by atoms with Crippen molar-refractivity contribution in [2.75, 3.05) is 20.2 Å². The summed E-state index contributed by atoms with van der Waals surface area (Å²) in [5.74, 6) is 0.0891. The van der Waals surface area contributed by atoms with Crippen LogP contribution in [0.5, 0.6) is 17.2 Å². The smallest absolute Gasteiger partial charge is 0.246 e. The fourth-order valence-electron chi connectivity index (χ4n) is 4.28. The van der Waals surface area contributed by atoms with Crippen molar-refractivity contribution < 1.29 is 18.7 Å². The average Bonchev–Trinajstić information content (AvgIpc) is 3.51. The molecule has 1 amide bonds. The topological polar surface area (TPSA) is 69.5 Å². The maximum atomic E-state index is 14.4. The molecule has 34 heavy (non-hydrogen) atoms. The lowest BCUT2D eigenvalue weighted by molar-refractivity contribution is -0.125. The van der Waals surface area contributed by atoms with Gasteiger partial charge in [-0.15, -0.1) is 0 Å². The van der Waals surface area contributed by atoms with Gasteiger partial charge in [0.1, 0.15) is 11.4 Å². The molecule has 3 heterocycles. The number of hydrogen-bond acceptors (Lipinski definition) is 5. The van der Waals surface area contributed by atoms with Gasteiger partial charge in [0.15, 0.2) is 11.5 Å². The molecule has 1 unspecified atom stereocenters. The number of benzene rings is 2. The van der Waals surface area contributed by atoms with Gasteiger partial charge < -0.3 is 14.4 Å². The van der Waals surface area contributed by atoms with Crippen LogP contribution in [0.4, 0.5) is 4.39 Å². The summed E-state index contributed by atoms with van der Waals surface area (Å²) in [6.45, 7) is 4.84. The van der Waals surface area contributed by atoms with Gasteiger partial charge >= 0.3 is 0 Å². The van der Waals surface area contributed by atoms with Crippen molar-refractivity contribution in [1.82, 2.24) is 19.7 Å². The number of fused-ring (bicyclic) bond motifs is 1. The molecule has 2 aromatic heterocycles. The van der Waals surface area contributed by atoms with E-state index in [1.165, 1.54) is 19.3 Å². The van der Waals surface area contributed by atoms with Crippen LogP contribution in [0.15, 0.2) is 73.6 Å². The van der Waals surface area contributed by atoms with Gasteiger partial charge in [-0.25, -0.2) is 0 Å². The molecule has 0 bridgehead atoms. The number of aromatic nitrogens is 3. The summed E-state index contributed by atoms with van der Waals surface area (Å²) in [5, 5.41) is 5.83. The number of carbonyl (C=O) groups is 1. The normalized spacial score (nSPS) is 15.5. The second kappa shape index (κ2) is 8.97. The monoisotopic (exact) mass is 458 g/mol. The number of amides is 1. The van der Waals surface area contributed by atoms with E-state index in [1.807, 2.05) is 22.9 Å². The van der Waals surface area contributed by atoms with Gasteiger partial charge in [-0.3, -0.25) is 14.5 Å². The summed E-state index contributed by atoms with van der Waals surface area (Å²) >= 11 is 0. The molecule has 1 aliphatic heterocycles. The fraction of sp³-hybridized carbons (Fsp3) is 0.192. The van der Waals surface area contributed by atoms with E-state index in [2.05, 4.69) is 11.6 Å². The Balaban J connectivity index is 1.44. The Bertz CT molecular complexity index is 1370. The number of carbonyl (C=O) groups excluding carboxylic acids is 1. The Morgan fingerprint density at radius 1 is 1.18 bits per heavy atom. The Hall–Kier alpha value is -4.20. The van der Waals surface area contributed by atoms with Crippen molar-refractivity contribution in [3.8, 4) is 28.5 Å². The zero-order valence-corrected chi connectivity index (χ0v) is 18.6. The largest absolute Gasteiger partial charge is 0.494 e. The van der Waals surface area contributed by atoms with Crippen LogP contribution in [0.2, 0.25) is 0 Å². The van der Waals surface area contributed by atoms with E-state index in [9.17, 15) is 9.18 Å². The number of methoxy groups -OCH3 is 1. The van der Waals surface area contributed by atoms with Crippen molar-refractivity contribution in [2.45, 2.75) is 12.5 Å². The molecule has 4 aromatic rings. The predicted octanol–water partition coefficient (Wildman–Crippen LogP) is 5.00. The molecule has 1 atom stereocenters. The van der Waals surface area contributed by atoms with E-state index in [0.29, 0.717) is 18.8 Å². The molecule has 8 heteroatoms.